The minimum Gasteiger partial charge on any atom is -0.375 e. The average Bonchev–Trinajstić information content (AvgIpc) is 2.08. The molecule has 80 valence electrons. The van der Waals surface area contributed by atoms with Crippen LogP contribution in [0.3, 0.4) is 0 Å². The van der Waals surface area contributed by atoms with Gasteiger partial charge in [0.15, 0.2) is 0 Å². The quantitative estimate of drug-likeness (QED) is 0.837. The van der Waals surface area contributed by atoms with E-state index < -0.39 is 0 Å². The van der Waals surface area contributed by atoms with E-state index in [4.69, 9.17) is 10.5 Å². The maximum atomic E-state index is 5.57. The summed E-state index contributed by atoms with van der Waals surface area (Å²) in [5.41, 5.74) is 8.08. The number of aryl methyl sites for hydroxylation is 1. The van der Waals surface area contributed by atoms with Crippen molar-refractivity contribution in [2.75, 3.05) is 6.61 Å². The standard InChI is InChI=1S/C11H17NO.ClH/c1-9-5-3-4-6-11(9)8-13-7-10(2)12;/h3-6,10H,7-8,12H2,1-2H3;1H/t10-;/m0./s1. The number of benzene rings is 1. The Morgan fingerprint density at radius 1 is 1.36 bits per heavy atom. The van der Waals surface area contributed by atoms with Crippen molar-refractivity contribution in [1.82, 2.24) is 0 Å². The van der Waals surface area contributed by atoms with Gasteiger partial charge in [-0.05, 0) is 25.0 Å². The van der Waals surface area contributed by atoms with E-state index in [-0.39, 0.29) is 18.4 Å². The van der Waals surface area contributed by atoms with Crippen molar-refractivity contribution in [1.29, 1.82) is 0 Å². The highest BCUT2D eigenvalue weighted by Gasteiger charge is 1.98. The summed E-state index contributed by atoms with van der Waals surface area (Å²) in [5.74, 6) is 0. The van der Waals surface area contributed by atoms with Gasteiger partial charge in [-0.15, -0.1) is 12.4 Å². The fraction of sp³-hybridized carbons (Fsp3) is 0.455. The summed E-state index contributed by atoms with van der Waals surface area (Å²) in [6.45, 7) is 5.31. The second-order valence-corrected chi connectivity index (χ2v) is 3.42. The first kappa shape index (κ1) is 13.4. The van der Waals surface area contributed by atoms with E-state index in [9.17, 15) is 0 Å². The predicted molar refractivity (Wildman–Crippen MR) is 61.7 cm³/mol. The molecule has 0 aliphatic rings. The maximum Gasteiger partial charge on any atom is 0.0720 e. The summed E-state index contributed by atoms with van der Waals surface area (Å²) < 4.78 is 5.44. The minimum atomic E-state index is 0. The molecule has 1 rings (SSSR count). The van der Waals surface area contributed by atoms with E-state index in [1.807, 2.05) is 19.1 Å². The van der Waals surface area contributed by atoms with Crippen LogP contribution in [0.15, 0.2) is 24.3 Å². The Labute approximate surface area is 91.9 Å². The van der Waals surface area contributed by atoms with E-state index in [0.717, 1.165) is 0 Å². The molecule has 0 amide bonds. The number of halogens is 1. The molecule has 1 aromatic carbocycles. The molecular weight excluding hydrogens is 198 g/mol. The van der Waals surface area contributed by atoms with Crippen LogP contribution in [0.1, 0.15) is 18.1 Å². The van der Waals surface area contributed by atoms with Gasteiger partial charge in [0, 0.05) is 6.04 Å². The van der Waals surface area contributed by atoms with Crippen molar-refractivity contribution in [3.05, 3.63) is 35.4 Å². The number of hydrogen-bond acceptors (Lipinski definition) is 2. The van der Waals surface area contributed by atoms with Crippen LogP contribution in [-0.4, -0.2) is 12.6 Å². The molecular formula is C11H18ClNO. The predicted octanol–water partition coefficient (Wildman–Crippen LogP) is 2.28. The van der Waals surface area contributed by atoms with Crippen molar-refractivity contribution in [2.24, 2.45) is 5.73 Å². The van der Waals surface area contributed by atoms with Gasteiger partial charge in [-0.1, -0.05) is 24.3 Å². The first-order chi connectivity index (χ1) is 6.20. The molecule has 2 N–H and O–H groups in total. The highest BCUT2D eigenvalue weighted by molar-refractivity contribution is 5.85. The molecule has 1 atom stereocenters. The van der Waals surface area contributed by atoms with E-state index in [2.05, 4.69) is 19.1 Å². The minimum absolute atomic E-state index is 0. The summed E-state index contributed by atoms with van der Waals surface area (Å²) in [5, 5.41) is 0. The second kappa shape index (κ2) is 6.82. The first-order valence-electron chi connectivity index (χ1n) is 4.58. The van der Waals surface area contributed by atoms with Crippen LogP contribution in [0.4, 0.5) is 0 Å². The van der Waals surface area contributed by atoms with Gasteiger partial charge in [0.1, 0.15) is 0 Å². The highest BCUT2D eigenvalue weighted by Crippen LogP contribution is 2.07. The Bertz CT molecular complexity index is 263. The molecule has 3 heteroatoms. The third kappa shape index (κ3) is 4.61. The number of hydrogen-bond donors (Lipinski definition) is 1. The highest BCUT2D eigenvalue weighted by atomic mass is 35.5. The zero-order valence-electron chi connectivity index (χ0n) is 8.69. The first-order valence-corrected chi connectivity index (χ1v) is 4.58. The molecule has 0 saturated heterocycles. The molecule has 14 heavy (non-hydrogen) atoms. The van der Waals surface area contributed by atoms with Gasteiger partial charge in [0.05, 0.1) is 13.2 Å². The van der Waals surface area contributed by atoms with Crippen molar-refractivity contribution in [2.45, 2.75) is 26.5 Å². The molecule has 0 aromatic heterocycles. The molecule has 0 fully saturated rings. The SMILES string of the molecule is Cc1ccccc1COC[C@H](C)N.Cl. The van der Waals surface area contributed by atoms with Gasteiger partial charge < -0.3 is 10.5 Å². The maximum absolute atomic E-state index is 5.57. The van der Waals surface area contributed by atoms with Gasteiger partial charge in [0.2, 0.25) is 0 Å². The Hall–Kier alpha value is -0.570. The summed E-state index contributed by atoms with van der Waals surface area (Å²) in [6.07, 6.45) is 0. The lowest BCUT2D eigenvalue weighted by atomic mass is 10.1. The molecule has 0 aliphatic heterocycles. The zero-order chi connectivity index (χ0) is 9.68. The molecule has 0 radical (unpaired) electrons. The van der Waals surface area contributed by atoms with Crippen molar-refractivity contribution in [3.8, 4) is 0 Å². The summed E-state index contributed by atoms with van der Waals surface area (Å²) >= 11 is 0. The van der Waals surface area contributed by atoms with Gasteiger partial charge in [0.25, 0.3) is 0 Å². The Kier molecular flexibility index (Phi) is 6.54. The number of nitrogens with two attached hydrogens (primary N) is 1. The third-order valence-electron chi connectivity index (χ3n) is 1.90. The van der Waals surface area contributed by atoms with E-state index in [1.165, 1.54) is 11.1 Å². The monoisotopic (exact) mass is 215 g/mol. The van der Waals surface area contributed by atoms with Crippen molar-refractivity contribution < 1.29 is 4.74 Å². The lowest BCUT2D eigenvalue weighted by Gasteiger charge is -2.08. The van der Waals surface area contributed by atoms with Crippen LogP contribution in [0, 0.1) is 6.92 Å². The van der Waals surface area contributed by atoms with Crippen LogP contribution in [-0.2, 0) is 11.3 Å². The zero-order valence-corrected chi connectivity index (χ0v) is 9.51. The second-order valence-electron chi connectivity index (χ2n) is 3.42. The van der Waals surface area contributed by atoms with Crippen LogP contribution in [0.5, 0.6) is 0 Å². The average molecular weight is 216 g/mol. The largest absolute Gasteiger partial charge is 0.375 e. The molecule has 0 bridgehead atoms. The van der Waals surface area contributed by atoms with E-state index in [1.54, 1.807) is 0 Å². The lowest BCUT2D eigenvalue weighted by Crippen LogP contribution is -2.21. The fourth-order valence-corrected chi connectivity index (χ4v) is 1.13. The van der Waals surface area contributed by atoms with Crippen molar-refractivity contribution in [3.63, 3.8) is 0 Å². The summed E-state index contributed by atoms with van der Waals surface area (Å²) in [6, 6.07) is 8.34. The van der Waals surface area contributed by atoms with Crippen molar-refractivity contribution >= 4 is 12.4 Å². The molecule has 0 aliphatic carbocycles. The lowest BCUT2D eigenvalue weighted by molar-refractivity contribution is 0.111. The van der Waals surface area contributed by atoms with Crippen LogP contribution < -0.4 is 5.73 Å². The topological polar surface area (TPSA) is 35.2 Å². The molecule has 0 saturated carbocycles. The number of ether oxygens (including phenoxy) is 1. The normalized spacial score (nSPS) is 11.9. The van der Waals surface area contributed by atoms with E-state index >= 15 is 0 Å². The van der Waals surface area contributed by atoms with Crippen LogP contribution in [0.2, 0.25) is 0 Å². The summed E-state index contributed by atoms with van der Waals surface area (Å²) in [4.78, 5) is 0. The molecule has 0 heterocycles. The fourth-order valence-electron chi connectivity index (χ4n) is 1.13. The third-order valence-corrected chi connectivity index (χ3v) is 1.90. The van der Waals surface area contributed by atoms with Crippen LogP contribution >= 0.6 is 12.4 Å². The van der Waals surface area contributed by atoms with Gasteiger partial charge in [-0.2, -0.15) is 0 Å². The van der Waals surface area contributed by atoms with Gasteiger partial charge in [-0.3, -0.25) is 0 Å². The summed E-state index contributed by atoms with van der Waals surface area (Å²) in [7, 11) is 0. The smallest absolute Gasteiger partial charge is 0.0720 e. The molecule has 0 spiro atoms. The Morgan fingerprint density at radius 2 is 2.00 bits per heavy atom. The number of rotatable bonds is 4. The van der Waals surface area contributed by atoms with E-state index in [0.29, 0.717) is 13.2 Å². The molecule has 1 aromatic rings. The van der Waals surface area contributed by atoms with Gasteiger partial charge >= 0.3 is 0 Å². The van der Waals surface area contributed by atoms with Gasteiger partial charge in [-0.25, -0.2) is 0 Å². The molecule has 2 nitrogen and oxygen atoms in total. The Balaban J connectivity index is 0.00000169. The molecule has 0 unspecified atom stereocenters. The Morgan fingerprint density at radius 3 is 2.57 bits per heavy atom. The van der Waals surface area contributed by atoms with Crippen LogP contribution in [0.25, 0.3) is 0 Å².